The molecule has 0 saturated heterocycles. The number of nitrogens with two attached hydrogens (primary N) is 1. The smallest absolute Gasteiger partial charge is 0.341 e. The highest BCUT2D eigenvalue weighted by Gasteiger charge is 2.20. The Bertz CT molecular complexity index is 657. The number of hydrogen-bond acceptors (Lipinski definition) is 4. The Kier molecular flexibility index (Phi) is 3.66. The topological polar surface area (TPSA) is 65.2 Å². The first-order valence-corrected chi connectivity index (χ1v) is 6.71. The Morgan fingerprint density at radius 1 is 1.35 bits per heavy atom. The number of esters is 1. The van der Waals surface area contributed by atoms with Gasteiger partial charge in [-0.3, -0.25) is 4.98 Å². The van der Waals surface area contributed by atoms with Gasteiger partial charge in [0.2, 0.25) is 0 Å². The van der Waals surface area contributed by atoms with Crippen LogP contribution in [0.5, 0.6) is 0 Å². The van der Waals surface area contributed by atoms with E-state index in [4.69, 9.17) is 10.5 Å². The molecule has 4 heteroatoms. The van der Waals surface area contributed by atoms with Gasteiger partial charge in [0.25, 0.3) is 0 Å². The largest absolute Gasteiger partial charge is 0.462 e. The van der Waals surface area contributed by atoms with E-state index in [-0.39, 0.29) is 5.41 Å². The second-order valence-corrected chi connectivity index (χ2v) is 5.76. The number of pyridine rings is 1. The number of ether oxygens (including phenoxy) is 1. The van der Waals surface area contributed by atoms with Crippen molar-refractivity contribution in [3.8, 4) is 0 Å². The van der Waals surface area contributed by atoms with Gasteiger partial charge in [-0.05, 0) is 17.9 Å². The summed E-state index contributed by atoms with van der Waals surface area (Å²) >= 11 is 0. The van der Waals surface area contributed by atoms with Crippen LogP contribution >= 0.6 is 0 Å². The van der Waals surface area contributed by atoms with E-state index >= 15 is 0 Å². The summed E-state index contributed by atoms with van der Waals surface area (Å²) in [6.07, 6.45) is 1.50. The number of hydrogen-bond donors (Lipinski definition) is 1. The van der Waals surface area contributed by atoms with Crippen LogP contribution in [0.4, 0.5) is 5.69 Å². The van der Waals surface area contributed by atoms with E-state index in [1.807, 2.05) is 18.2 Å². The molecule has 4 nitrogen and oxygen atoms in total. The maximum absolute atomic E-state index is 11.8. The lowest BCUT2D eigenvalue weighted by molar-refractivity contribution is 0.0527. The maximum Gasteiger partial charge on any atom is 0.341 e. The summed E-state index contributed by atoms with van der Waals surface area (Å²) in [7, 11) is 0. The van der Waals surface area contributed by atoms with Crippen molar-refractivity contribution in [1.82, 2.24) is 4.98 Å². The number of anilines is 1. The van der Waals surface area contributed by atoms with Crippen LogP contribution in [0.2, 0.25) is 0 Å². The van der Waals surface area contributed by atoms with Gasteiger partial charge < -0.3 is 10.5 Å². The number of nitrogen functional groups attached to an aromatic ring is 1. The van der Waals surface area contributed by atoms with E-state index in [9.17, 15) is 4.79 Å². The van der Waals surface area contributed by atoms with E-state index < -0.39 is 5.97 Å². The van der Waals surface area contributed by atoms with Crippen LogP contribution in [0.15, 0.2) is 24.4 Å². The molecule has 0 saturated carbocycles. The van der Waals surface area contributed by atoms with Crippen LogP contribution in [0.25, 0.3) is 10.9 Å². The minimum Gasteiger partial charge on any atom is -0.462 e. The third-order valence-corrected chi connectivity index (χ3v) is 3.24. The van der Waals surface area contributed by atoms with Gasteiger partial charge in [-0.2, -0.15) is 0 Å². The van der Waals surface area contributed by atoms with E-state index in [1.54, 1.807) is 6.92 Å². The number of carbonyl (C=O) groups excluding carboxylic acids is 1. The quantitative estimate of drug-likeness (QED) is 0.852. The monoisotopic (exact) mass is 272 g/mol. The molecule has 0 aliphatic heterocycles. The van der Waals surface area contributed by atoms with Crippen molar-refractivity contribution in [1.29, 1.82) is 0 Å². The van der Waals surface area contributed by atoms with Crippen molar-refractivity contribution in [2.24, 2.45) is 0 Å². The van der Waals surface area contributed by atoms with Crippen molar-refractivity contribution < 1.29 is 9.53 Å². The summed E-state index contributed by atoms with van der Waals surface area (Å²) < 4.78 is 5.00. The number of nitrogens with zero attached hydrogens (tertiary/aromatic N) is 1. The standard InChI is InChI=1S/C16H20N2O2/c1-5-20-15(19)11-9-18-14-10(13(11)17)7-6-8-12(14)16(2,3)4/h6-9H,5H2,1-4H3,(H2,17,18). The number of fused-ring (bicyclic) bond motifs is 1. The first kappa shape index (κ1) is 14.3. The van der Waals surface area contributed by atoms with Gasteiger partial charge in [0.05, 0.1) is 17.8 Å². The predicted octanol–water partition coefficient (Wildman–Crippen LogP) is 3.29. The molecule has 2 aromatic rings. The van der Waals surface area contributed by atoms with Crippen LogP contribution in [0, 0.1) is 0 Å². The molecule has 20 heavy (non-hydrogen) atoms. The third kappa shape index (κ3) is 2.46. The zero-order chi connectivity index (χ0) is 14.9. The molecular weight excluding hydrogens is 252 g/mol. The summed E-state index contributed by atoms with van der Waals surface area (Å²) in [4.78, 5) is 16.3. The fourth-order valence-corrected chi connectivity index (χ4v) is 2.22. The number of rotatable bonds is 2. The number of carbonyl (C=O) groups is 1. The van der Waals surface area contributed by atoms with E-state index in [2.05, 4.69) is 25.8 Å². The van der Waals surface area contributed by atoms with Gasteiger partial charge >= 0.3 is 5.97 Å². The van der Waals surface area contributed by atoms with Crippen LogP contribution in [0.1, 0.15) is 43.6 Å². The van der Waals surface area contributed by atoms with Crippen molar-refractivity contribution >= 4 is 22.6 Å². The highest BCUT2D eigenvalue weighted by Crippen LogP contribution is 2.32. The van der Waals surface area contributed by atoms with Gasteiger partial charge in [0, 0.05) is 11.6 Å². The van der Waals surface area contributed by atoms with E-state index in [1.165, 1.54) is 6.20 Å². The first-order valence-electron chi connectivity index (χ1n) is 6.71. The lowest BCUT2D eigenvalue weighted by atomic mass is 9.85. The summed E-state index contributed by atoms with van der Waals surface area (Å²) in [6, 6.07) is 5.87. The van der Waals surface area contributed by atoms with Crippen molar-refractivity contribution in [3.63, 3.8) is 0 Å². The average molecular weight is 272 g/mol. The molecule has 1 heterocycles. The van der Waals surface area contributed by atoms with Crippen molar-refractivity contribution in [3.05, 3.63) is 35.5 Å². The average Bonchev–Trinajstić information content (AvgIpc) is 2.37. The Hall–Kier alpha value is -2.10. The summed E-state index contributed by atoms with van der Waals surface area (Å²) in [5, 5.41) is 0.794. The molecule has 2 N–H and O–H groups in total. The Morgan fingerprint density at radius 3 is 2.65 bits per heavy atom. The van der Waals surface area contributed by atoms with Crippen LogP contribution in [0.3, 0.4) is 0 Å². The van der Waals surface area contributed by atoms with Crippen molar-refractivity contribution in [2.75, 3.05) is 12.3 Å². The molecule has 0 fully saturated rings. The number of para-hydroxylation sites is 1. The third-order valence-electron chi connectivity index (χ3n) is 3.24. The molecule has 0 aliphatic rings. The predicted molar refractivity (Wildman–Crippen MR) is 80.8 cm³/mol. The maximum atomic E-state index is 11.8. The van der Waals surface area contributed by atoms with Gasteiger partial charge in [0.1, 0.15) is 5.56 Å². The minimum atomic E-state index is -0.430. The zero-order valence-corrected chi connectivity index (χ0v) is 12.4. The molecule has 2 rings (SSSR count). The molecule has 106 valence electrons. The molecule has 0 unspecified atom stereocenters. The fourth-order valence-electron chi connectivity index (χ4n) is 2.22. The molecule has 0 spiro atoms. The second kappa shape index (κ2) is 5.12. The minimum absolute atomic E-state index is 0.0373. The number of aromatic nitrogens is 1. The Labute approximate surface area is 119 Å². The van der Waals surface area contributed by atoms with Crippen LogP contribution in [-0.2, 0) is 10.2 Å². The summed E-state index contributed by atoms with van der Waals surface area (Å²) in [5.74, 6) is -0.430. The van der Waals surface area contributed by atoms with Crippen LogP contribution < -0.4 is 5.73 Å². The van der Waals surface area contributed by atoms with E-state index in [0.717, 1.165) is 16.5 Å². The highest BCUT2D eigenvalue weighted by molar-refractivity contribution is 6.04. The molecule has 0 amide bonds. The molecule has 0 atom stereocenters. The van der Waals surface area contributed by atoms with Gasteiger partial charge in [-0.1, -0.05) is 39.0 Å². The highest BCUT2D eigenvalue weighted by atomic mass is 16.5. The zero-order valence-electron chi connectivity index (χ0n) is 12.4. The normalized spacial score (nSPS) is 11.6. The lowest BCUT2D eigenvalue weighted by Gasteiger charge is -2.21. The summed E-state index contributed by atoms with van der Waals surface area (Å²) in [5.41, 5.74) is 8.79. The molecule has 0 radical (unpaired) electrons. The lowest BCUT2D eigenvalue weighted by Crippen LogP contribution is -2.14. The summed E-state index contributed by atoms with van der Waals surface area (Å²) in [6.45, 7) is 8.45. The van der Waals surface area contributed by atoms with Gasteiger partial charge in [-0.15, -0.1) is 0 Å². The number of benzene rings is 1. The second-order valence-electron chi connectivity index (χ2n) is 5.76. The SMILES string of the molecule is CCOC(=O)c1cnc2c(C(C)(C)C)cccc2c1N. The molecule has 0 aliphatic carbocycles. The van der Waals surface area contributed by atoms with E-state index in [0.29, 0.717) is 17.9 Å². The molecular formula is C16H20N2O2. The van der Waals surface area contributed by atoms with Gasteiger partial charge in [0.15, 0.2) is 0 Å². The molecule has 1 aromatic heterocycles. The van der Waals surface area contributed by atoms with Crippen molar-refractivity contribution in [2.45, 2.75) is 33.1 Å². The molecule has 1 aromatic carbocycles. The van der Waals surface area contributed by atoms with Crippen LogP contribution in [-0.4, -0.2) is 17.6 Å². The Balaban J connectivity index is 2.67. The van der Waals surface area contributed by atoms with Gasteiger partial charge in [-0.25, -0.2) is 4.79 Å². The Morgan fingerprint density at radius 2 is 2.05 bits per heavy atom. The first-order chi connectivity index (χ1) is 9.36. The fraction of sp³-hybridized carbons (Fsp3) is 0.375. The molecule has 0 bridgehead atoms.